The SMILES string of the molecule is O=C(O)c1cccc(COc2ccc(/C=N/Nc3ccc(C(F)(F)F)cc3)cc2)c1. The van der Waals surface area contributed by atoms with Crippen molar-refractivity contribution in [2.45, 2.75) is 12.8 Å². The molecule has 2 N–H and O–H groups in total. The minimum Gasteiger partial charge on any atom is -0.489 e. The second-order valence-electron chi connectivity index (χ2n) is 6.31. The molecule has 8 heteroatoms. The number of benzene rings is 3. The van der Waals surface area contributed by atoms with Gasteiger partial charge in [0.1, 0.15) is 12.4 Å². The lowest BCUT2D eigenvalue weighted by atomic mass is 10.1. The molecule has 154 valence electrons. The number of nitrogens with zero attached hydrogens (tertiary/aromatic N) is 1. The molecule has 0 saturated heterocycles. The first-order valence-electron chi connectivity index (χ1n) is 8.83. The molecule has 3 aromatic rings. The second kappa shape index (κ2) is 9.13. The summed E-state index contributed by atoms with van der Waals surface area (Å²) in [4.78, 5) is 11.0. The molecule has 0 aliphatic rings. The summed E-state index contributed by atoms with van der Waals surface area (Å²) in [6.45, 7) is 0.226. The first-order valence-corrected chi connectivity index (χ1v) is 8.83. The van der Waals surface area contributed by atoms with E-state index in [-0.39, 0.29) is 12.2 Å². The third-order valence-electron chi connectivity index (χ3n) is 4.08. The molecular formula is C22H17F3N2O3. The van der Waals surface area contributed by atoms with E-state index in [2.05, 4.69) is 10.5 Å². The van der Waals surface area contributed by atoms with Crippen LogP contribution in [-0.2, 0) is 12.8 Å². The Bertz CT molecular complexity index is 1030. The van der Waals surface area contributed by atoms with Crippen LogP contribution in [0.15, 0.2) is 77.9 Å². The average molecular weight is 414 g/mol. The number of aromatic carboxylic acids is 1. The van der Waals surface area contributed by atoms with Gasteiger partial charge in [-0.2, -0.15) is 18.3 Å². The van der Waals surface area contributed by atoms with Gasteiger partial charge in [-0.25, -0.2) is 4.79 Å². The first-order chi connectivity index (χ1) is 14.3. The Morgan fingerprint density at radius 3 is 2.37 bits per heavy atom. The molecule has 0 radical (unpaired) electrons. The maximum absolute atomic E-state index is 12.5. The Balaban J connectivity index is 1.53. The molecule has 0 heterocycles. The first kappa shape index (κ1) is 20.9. The van der Waals surface area contributed by atoms with Gasteiger partial charge >= 0.3 is 12.1 Å². The summed E-state index contributed by atoms with van der Waals surface area (Å²) in [5, 5.41) is 13.0. The molecule has 3 rings (SSSR count). The zero-order chi connectivity index (χ0) is 21.6. The van der Waals surface area contributed by atoms with Gasteiger partial charge < -0.3 is 9.84 Å². The Morgan fingerprint density at radius 1 is 1.03 bits per heavy atom. The Morgan fingerprint density at radius 2 is 1.73 bits per heavy atom. The number of hydrazone groups is 1. The zero-order valence-corrected chi connectivity index (χ0v) is 15.6. The van der Waals surface area contributed by atoms with Crippen molar-refractivity contribution in [1.82, 2.24) is 0 Å². The van der Waals surface area contributed by atoms with Crippen LogP contribution in [0.4, 0.5) is 18.9 Å². The molecule has 0 aliphatic heterocycles. The summed E-state index contributed by atoms with van der Waals surface area (Å²) in [7, 11) is 0. The molecule has 5 nitrogen and oxygen atoms in total. The van der Waals surface area contributed by atoms with E-state index in [0.717, 1.165) is 23.3 Å². The van der Waals surface area contributed by atoms with Crippen LogP contribution in [0.2, 0.25) is 0 Å². The normalized spacial score (nSPS) is 11.4. The highest BCUT2D eigenvalue weighted by molar-refractivity contribution is 5.87. The predicted octanol–water partition coefficient (Wildman–Crippen LogP) is 5.43. The summed E-state index contributed by atoms with van der Waals surface area (Å²) in [6.07, 6.45) is -2.84. The van der Waals surface area contributed by atoms with Gasteiger partial charge in [0.25, 0.3) is 0 Å². The van der Waals surface area contributed by atoms with E-state index in [0.29, 0.717) is 11.4 Å². The van der Waals surface area contributed by atoms with Crippen molar-refractivity contribution in [2.75, 3.05) is 5.43 Å². The predicted molar refractivity (Wildman–Crippen MR) is 107 cm³/mol. The topological polar surface area (TPSA) is 70.9 Å². The number of carboxylic acid groups (broad SMARTS) is 1. The van der Waals surface area contributed by atoms with Crippen LogP contribution in [0.1, 0.15) is 27.0 Å². The van der Waals surface area contributed by atoms with Crippen LogP contribution in [0, 0.1) is 0 Å². The summed E-state index contributed by atoms with van der Waals surface area (Å²) < 4.78 is 43.3. The van der Waals surface area contributed by atoms with Crippen molar-refractivity contribution in [2.24, 2.45) is 5.10 Å². The molecule has 30 heavy (non-hydrogen) atoms. The molecule has 0 fully saturated rings. The molecule has 0 saturated carbocycles. The maximum Gasteiger partial charge on any atom is 0.416 e. The van der Waals surface area contributed by atoms with E-state index in [4.69, 9.17) is 9.84 Å². The van der Waals surface area contributed by atoms with Gasteiger partial charge in [-0.3, -0.25) is 5.43 Å². The number of halogens is 3. The zero-order valence-electron chi connectivity index (χ0n) is 15.6. The van der Waals surface area contributed by atoms with Crippen LogP contribution in [0.3, 0.4) is 0 Å². The van der Waals surface area contributed by atoms with Crippen molar-refractivity contribution in [3.05, 3.63) is 95.1 Å². The molecule has 0 atom stereocenters. The number of hydrogen-bond acceptors (Lipinski definition) is 4. The fourth-order valence-corrected chi connectivity index (χ4v) is 2.53. The van der Waals surface area contributed by atoms with E-state index in [1.807, 2.05) is 0 Å². The van der Waals surface area contributed by atoms with Crippen LogP contribution >= 0.6 is 0 Å². The Hall–Kier alpha value is -3.81. The number of ether oxygens (including phenoxy) is 1. The van der Waals surface area contributed by atoms with E-state index in [1.165, 1.54) is 24.4 Å². The van der Waals surface area contributed by atoms with Crippen LogP contribution in [0.25, 0.3) is 0 Å². The number of carbonyl (C=O) groups is 1. The van der Waals surface area contributed by atoms with Gasteiger partial charge in [0.15, 0.2) is 0 Å². The smallest absolute Gasteiger partial charge is 0.416 e. The largest absolute Gasteiger partial charge is 0.489 e. The summed E-state index contributed by atoms with van der Waals surface area (Å²) in [6, 6.07) is 18.1. The van der Waals surface area contributed by atoms with Crippen molar-refractivity contribution in [3.8, 4) is 5.75 Å². The fourth-order valence-electron chi connectivity index (χ4n) is 2.53. The van der Waals surface area contributed by atoms with E-state index in [1.54, 1.807) is 42.5 Å². The number of anilines is 1. The second-order valence-corrected chi connectivity index (χ2v) is 6.31. The van der Waals surface area contributed by atoms with Gasteiger partial charge in [0.05, 0.1) is 23.0 Å². The van der Waals surface area contributed by atoms with Crippen molar-refractivity contribution in [1.29, 1.82) is 0 Å². The highest BCUT2D eigenvalue weighted by Crippen LogP contribution is 2.29. The number of alkyl halides is 3. The Kier molecular flexibility index (Phi) is 6.36. The van der Waals surface area contributed by atoms with Gasteiger partial charge in [-0.05, 0) is 71.8 Å². The molecular weight excluding hydrogens is 397 g/mol. The number of carboxylic acids is 1. The highest BCUT2D eigenvalue weighted by atomic mass is 19.4. The highest BCUT2D eigenvalue weighted by Gasteiger charge is 2.29. The molecule has 0 spiro atoms. The molecule has 3 aromatic carbocycles. The average Bonchev–Trinajstić information content (AvgIpc) is 2.73. The maximum atomic E-state index is 12.5. The van der Waals surface area contributed by atoms with Crippen molar-refractivity contribution < 1.29 is 27.8 Å². The molecule has 0 aromatic heterocycles. The molecule has 0 amide bonds. The quantitative estimate of drug-likeness (QED) is 0.400. The number of hydrogen-bond donors (Lipinski definition) is 2. The summed E-state index contributed by atoms with van der Waals surface area (Å²) >= 11 is 0. The monoisotopic (exact) mass is 414 g/mol. The molecule has 0 bridgehead atoms. The van der Waals surface area contributed by atoms with Gasteiger partial charge in [-0.1, -0.05) is 12.1 Å². The Labute approximate surface area is 170 Å². The third kappa shape index (κ3) is 5.84. The fraction of sp³-hybridized carbons (Fsp3) is 0.0909. The van der Waals surface area contributed by atoms with Crippen LogP contribution in [-0.4, -0.2) is 17.3 Å². The molecule has 0 aliphatic carbocycles. The number of nitrogens with one attached hydrogen (secondary N) is 1. The van der Waals surface area contributed by atoms with Crippen molar-refractivity contribution in [3.63, 3.8) is 0 Å². The number of rotatable bonds is 7. The lowest BCUT2D eigenvalue weighted by Gasteiger charge is -2.07. The minimum atomic E-state index is -4.37. The lowest BCUT2D eigenvalue weighted by molar-refractivity contribution is -0.137. The van der Waals surface area contributed by atoms with E-state index in [9.17, 15) is 18.0 Å². The standard InChI is InChI=1S/C22H17F3N2O3/c23-22(24,25)18-6-8-19(9-7-18)27-26-13-15-4-10-20(11-5-15)30-14-16-2-1-3-17(12-16)21(28)29/h1-13,27H,14H2,(H,28,29)/b26-13+. The minimum absolute atomic E-state index is 0.197. The van der Waals surface area contributed by atoms with Gasteiger partial charge in [0, 0.05) is 0 Å². The molecule has 0 unspecified atom stereocenters. The van der Waals surface area contributed by atoms with Crippen LogP contribution < -0.4 is 10.2 Å². The lowest BCUT2D eigenvalue weighted by Crippen LogP contribution is -2.04. The van der Waals surface area contributed by atoms with Crippen LogP contribution in [0.5, 0.6) is 5.75 Å². The summed E-state index contributed by atoms with van der Waals surface area (Å²) in [5.41, 5.74) is 4.08. The van der Waals surface area contributed by atoms with E-state index < -0.39 is 17.7 Å². The van der Waals surface area contributed by atoms with E-state index >= 15 is 0 Å². The van der Waals surface area contributed by atoms with Crippen molar-refractivity contribution >= 4 is 17.9 Å². The third-order valence-corrected chi connectivity index (χ3v) is 4.08. The van der Waals surface area contributed by atoms with Gasteiger partial charge in [-0.15, -0.1) is 0 Å². The summed E-state index contributed by atoms with van der Waals surface area (Å²) in [5.74, 6) is -0.394. The van der Waals surface area contributed by atoms with Gasteiger partial charge in [0.2, 0.25) is 0 Å².